The van der Waals surface area contributed by atoms with Crippen LogP contribution < -0.4 is 15.8 Å². The summed E-state index contributed by atoms with van der Waals surface area (Å²) in [5, 5.41) is 2.80. The van der Waals surface area contributed by atoms with Crippen LogP contribution in [0.15, 0.2) is 4.99 Å². The lowest BCUT2D eigenvalue weighted by Crippen LogP contribution is -2.52. The fourth-order valence-electron chi connectivity index (χ4n) is 0.929. The summed E-state index contributed by atoms with van der Waals surface area (Å²) in [6, 6.07) is 0. The third-order valence-electron chi connectivity index (χ3n) is 1.41. The topological polar surface area (TPSA) is 96.6 Å². The number of nitrogens with one attached hydrogen (secondary N) is 2. The Morgan fingerprint density at radius 2 is 1.93 bits per heavy atom. The standard InChI is InChI=1S/C7H18N4O2S.HI/c1-7(2,11-14(4,12)13)5-10-6(8)9-3;/h11H,5H2,1-4H3,(H3,8,9,10);1H. The van der Waals surface area contributed by atoms with Gasteiger partial charge < -0.3 is 11.1 Å². The first-order valence-electron chi connectivity index (χ1n) is 4.11. The number of nitrogens with two attached hydrogens (primary N) is 1. The van der Waals surface area contributed by atoms with E-state index in [0.717, 1.165) is 6.26 Å². The third kappa shape index (κ3) is 10.2. The lowest BCUT2D eigenvalue weighted by molar-refractivity contribution is 0.448. The molecule has 15 heavy (non-hydrogen) atoms. The van der Waals surface area contributed by atoms with Gasteiger partial charge in [-0.3, -0.25) is 4.99 Å². The molecule has 0 saturated carbocycles. The van der Waals surface area contributed by atoms with Crippen molar-refractivity contribution < 1.29 is 8.42 Å². The van der Waals surface area contributed by atoms with E-state index in [0.29, 0.717) is 6.54 Å². The summed E-state index contributed by atoms with van der Waals surface area (Å²) >= 11 is 0. The molecule has 0 fully saturated rings. The van der Waals surface area contributed by atoms with Crippen molar-refractivity contribution in [2.24, 2.45) is 10.7 Å². The number of nitrogens with zero attached hydrogens (tertiary/aromatic N) is 1. The molecule has 0 aliphatic carbocycles. The minimum absolute atomic E-state index is 0. The second-order valence-electron chi connectivity index (χ2n) is 3.72. The van der Waals surface area contributed by atoms with Crippen molar-refractivity contribution in [1.29, 1.82) is 0 Å². The van der Waals surface area contributed by atoms with E-state index in [4.69, 9.17) is 5.73 Å². The molecule has 0 aromatic heterocycles. The zero-order valence-corrected chi connectivity index (χ0v) is 12.5. The van der Waals surface area contributed by atoms with Gasteiger partial charge in [0, 0.05) is 19.1 Å². The van der Waals surface area contributed by atoms with Crippen LogP contribution in [0.2, 0.25) is 0 Å². The zero-order valence-electron chi connectivity index (χ0n) is 9.36. The first kappa shape index (κ1) is 17.3. The summed E-state index contributed by atoms with van der Waals surface area (Å²) in [5.41, 5.74) is 4.81. The van der Waals surface area contributed by atoms with Crippen molar-refractivity contribution in [2.75, 3.05) is 19.8 Å². The molecule has 0 aliphatic heterocycles. The highest BCUT2D eigenvalue weighted by Gasteiger charge is 2.21. The maximum absolute atomic E-state index is 11.0. The fourth-order valence-corrected chi connectivity index (χ4v) is 2.00. The lowest BCUT2D eigenvalue weighted by atomic mass is 10.1. The summed E-state index contributed by atoms with van der Waals surface area (Å²) in [4.78, 5) is 3.69. The third-order valence-corrected chi connectivity index (χ3v) is 2.34. The summed E-state index contributed by atoms with van der Waals surface area (Å²) in [5.74, 6) is 0.286. The molecular weight excluding hydrogens is 331 g/mol. The Balaban J connectivity index is 0. The lowest BCUT2D eigenvalue weighted by Gasteiger charge is -2.25. The Hall–Kier alpha value is -0.0900. The van der Waals surface area contributed by atoms with Crippen molar-refractivity contribution in [1.82, 2.24) is 10.0 Å². The molecule has 92 valence electrons. The first-order valence-corrected chi connectivity index (χ1v) is 6.00. The molecule has 0 heterocycles. The Morgan fingerprint density at radius 1 is 1.47 bits per heavy atom. The number of sulfonamides is 1. The smallest absolute Gasteiger partial charge is 0.209 e. The van der Waals surface area contributed by atoms with Gasteiger partial charge in [0.25, 0.3) is 0 Å². The predicted octanol–water partition coefficient (Wildman–Crippen LogP) is -0.534. The van der Waals surface area contributed by atoms with E-state index in [9.17, 15) is 8.42 Å². The molecule has 0 unspecified atom stereocenters. The molecule has 0 spiro atoms. The second kappa shape index (κ2) is 6.48. The molecule has 0 aliphatic rings. The predicted molar refractivity (Wildman–Crippen MR) is 73.0 cm³/mol. The molecule has 0 rings (SSSR count). The fraction of sp³-hybridized carbons (Fsp3) is 0.857. The molecule has 0 radical (unpaired) electrons. The number of hydrogen-bond acceptors (Lipinski definition) is 3. The van der Waals surface area contributed by atoms with Crippen molar-refractivity contribution in [3.05, 3.63) is 0 Å². The van der Waals surface area contributed by atoms with Crippen molar-refractivity contribution >= 4 is 40.0 Å². The molecule has 6 nitrogen and oxygen atoms in total. The van der Waals surface area contributed by atoms with Crippen LogP contribution in [0.3, 0.4) is 0 Å². The number of halogens is 1. The summed E-state index contributed by atoms with van der Waals surface area (Å²) < 4.78 is 24.4. The Labute approximate surface area is 108 Å². The van der Waals surface area contributed by atoms with E-state index in [1.165, 1.54) is 0 Å². The average Bonchev–Trinajstić information content (AvgIpc) is 1.96. The zero-order chi connectivity index (χ0) is 11.4. The van der Waals surface area contributed by atoms with Gasteiger partial charge in [0.05, 0.1) is 6.26 Å². The highest BCUT2D eigenvalue weighted by Crippen LogP contribution is 2.01. The molecule has 8 heteroatoms. The van der Waals surface area contributed by atoms with Crippen molar-refractivity contribution in [2.45, 2.75) is 19.4 Å². The van der Waals surface area contributed by atoms with Crippen LogP contribution in [0.1, 0.15) is 13.8 Å². The van der Waals surface area contributed by atoms with Crippen LogP contribution in [0.25, 0.3) is 0 Å². The van der Waals surface area contributed by atoms with Gasteiger partial charge in [-0.1, -0.05) is 0 Å². The van der Waals surface area contributed by atoms with Crippen LogP contribution in [0, 0.1) is 0 Å². The van der Waals surface area contributed by atoms with Gasteiger partial charge in [0.15, 0.2) is 5.96 Å². The van der Waals surface area contributed by atoms with E-state index in [2.05, 4.69) is 15.0 Å². The molecule has 0 atom stereocenters. The van der Waals surface area contributed by atoms with E-state index >= 15 is 0 Å². The first-order chi connectivity index (χ1) is 6.16. The highest BCUT2D eigenvalue weighted by atomic mass is 127. The Kier molecular flexibility index (Phi) is 7.48. The molecule has 0 aromatic carbocycles. The molecule has 0 bridgehead atoms. The van der Waals surface area contributed by atoms with Gasteiger partial charge in [-0.15, -0.1) is 24.0 Å². The number of rotatable bonds is 4. The normalized spacial score (nSPS) is 13.2. The molecule has 0 saturated heterocycles. The van der Waals surface area contributed by atoms with Crippen LogP contribution in [-0.4, -0.2) is 39.8 Å². The van der Waals surface area contributed by atoms with Gasteiger partial charge in [-0.05, 0) is 13.8 Å². The monoisotopic (exact) mass is 350 g/mol. The average molecular weight is 350 g/mol. The van der Waals surface area contributed by atoms with Crippen molar-refractivity contribution in [3.63, 3.8) is 0 Å². The van der Waals surface area contributed by atoms with Crippen LogP contribution >= 0.6 is 24.0 Å². The summed E-state index contributed by atoms with van der Waals surface area (Å²) in [7, 11) is -1.65. The van der Waals surface area contributed by atoms with Crippen LogP contribution in [0.5, 0.6) is 0 Å². The molecule has 4 N–H and O–H groups in total. The maximum atomic E-state index is 11.0. The number of guanidine groups is 1. The van der Waals surface area contributed by atoms with Gasteiger partial charge in [-0.2, -0.15) is 0 Å². The van der Waals surface area contributed by atoms with E-state index < -0.39 is 15.6 Å². The van der Waals surface area contributed by atoms with E-state index in [1.54, 1.807) is 20.9 Å². The summed E-state index contributed by atoms with van der Waals surface area (Å²) in [6.45, 7) is 3.89. The quantitative estimate of drug-likeness (QED) is 0.361. The number of hydrogen-bond donors (Lipinski definition) is 3. The van der Waals surface area contributed by atoms with Crippen LogP contribution in [0.4, 0.5) is 0 Å². The van der Waals surface area contributed by atoms with Crippen LogP contribution in [-0.2, 0) is 10.0 Å². The highest BCUT2D eigenvalue weighted by molar-refractivity contribution is 14.0. The van der Waals surface area contributed by atoms with Gasteiger partial charge in [0.1, 0.15) is 0 Å². The van der Waals surface area contributed by atoms with Gasteiger partial charge in [0.2, 0.25) is 10.0 Å². The molecular formula is C7H19IN4O2S. The largest absolute Gasteiger partial charge is 0.370 e. The molecule has 0 amide bonds. The summed E-state index contributed by atoms with van der Waals surface area (Å²) in [6.07, 6.45) is 1.12. The minimum Gasteiger partial charge on any atom is -0.370 e. The van der Waals surface area contributed by atoms with Gasteiger partial charge in [-0.25, -0.2) is 13.1 Å². The van der Waals surface area contributed by atoms with Gasteiger partial charge >= 0.3 is 0 Å². The number of aliphatic imine (C=N–C) groups is 1. The second-order valence-corrected chi connectivity index (χ2v) is 5.47. The molecule has 0 aromatic rings. The van der Waals surface area contributed by atoms with Crippen molar-refractivity contribution in [3.8, 4) is 0 Å². The minimum atomic E-state index is -3.21. The van der Waals surface area contributed by atoms with E-state index in [1.807, 2.05) is 0 Å². The maximum Gasteiger partial charge on any atom is 0.209 e. The van der Waals surface area contributed by atoms with E-state index in [-0.39, 0.29) is 29.9 Å². The Bertz CT molecular complexity index is 313. The Morgan fingerprint density at radius 3 is 2.27 bits per heavy atom. The SMILES string of the molecule is CN=C(N)NCC(C)(C)NS(C)(=O)=O.I.